The van der Waals surface area contributed by atoms with E-state index in [9.17, 15) is 0 Å². The van der Waals surface area contributed by atoms with Gasteiger partial charge in [0.15, 0.2) is 0 Å². The van der Waals surface area contributed by atoms with Gasteiger partial charge in [-0.15, -0.1) is 0 Å². The average molecular weight is 600 g/mol. The molecule has 0 radical (unpaired) electrons. The van der Waals surface area contributed by atoms with Crippen LogP contribution in [-0.2, 0) is 0 Å². The molecule has 0 spiro atoms. The van der Waals surface area contributed by atoms with Crippen LogP contribution in [0.3, 0.4) is 0 Å². The Balaban J connectivity index is 1.27. The van der Waals surface area contributed by atoms with Gasteiger partial charge in [0, 0.05) is 43.4 Å². The number of aromatic nitrogens is 1. The van der Waals surface area contributed by atoms with Gasteiger partial charge in [0.05, 0.1) is 11.0 Å². The van der Waals surface area contributed by atoms with Gasteiger partial charge in [0.2, 0.25) is 0 Å². The van der Waals surface area contributed by atoms with Gasteiger partial charge in [-0.2, -0.15) is 0 Å². The highest BCUT2D eigenvalue weighted by Gasteiger charge is 2.19. The molecule has 0 aliphatic rings. The molecule has 0 N–H and O–H groups in total. The Morgan fingerprint density at radius 2 is 1.06 bits per heavy atom. The van der Waals surface area contributed by atoms with E-state index in [1.54, 1.807) is 0 Å². The number of para-hydroxylation sites is 4. The molecule has 11 rings (SSSR count). The topological polar surface area (TPSA) is 31.2 Å². The third-order valence-electron chi connectivity index (χ3n) is 9.95. The summed E-state index contributed by atoms with van der Waals surface area (Å²) >= 11 is 0. The summed E-state index contributed by atoms with van der Waals surface area (Å²) in [5.41, 5.74) is 9.50. The molecule has 0 saturated carbocycles. The zero-order valence-electron chi connectivity index (χ0n) is 25.2. The minimum atomic E-state index is 0.891. The first-order valence-corrected chi connectivity index (χ1v) is 16.0. The summed E-state index contributed by atoms with van der Waals surface area (Å²) in [5, 5.41) is 11.6. The number of nitrogens with zero attached hydrogens (tertiary/aromatic N) is 1. The molecule has 218 valence electrons. The van der Waals surface area contributed by atoms with Crippen LogP contribution in [0, 0.1) is 0 Å². The predicted octanol–water partition coefficient (Wildman–Crippen LogP) is 12.6. The fourth-order valence-electron chi connectivity index (χ4n) is 7.87. The third kappa shape index (κ3) is 3.40. The van der Waals surface area contributed by atoms with E-state index >= 15 is 0 Å². The van der Waals surface area contributed by atoms with Gasteiger partial charge >= 0.3 is 0 Å². The Labute approximate surface area is 268 Å². The van der Waals surface area contributed by atoms with Crippen LogP contribution in [0.2, 0.25) is 0 Å². The van der Waals surface area contributed by atoms with E-state index < -0.39 is 0 Å². The van der Waals surface area contributed by atoms with Crippen molar-refractivity contribution in [2.24, 2.45) is 0 Å². The van der Waals surface area contributed by atoms with Crippen molar-refractivity contribution in [2.45, 2.75) is 0 Å². The van der Waals surface area contributed by atoms with E-state index in [0.29, 0.717) is 0 Å². The summed E-state index contributed by atoms with van der Waals surface area (Å²) in [5.74, 6) is 0. The first kappa shape index (κ1) is 24.9. The molecule has 0 atom stereocenters. The van der Waals surface area contributed by atoms with Crippen LogP contribution < -0.4 is 0 Å². The molecule has 3 heterocycles. The van der Waals surface area contributed by atoms with Gasteiger partial charge in [-0.25, -0.2) is 0 Å². The lowest BCUT2D eigenvalue weighted by Crippen LogP contribution is -1.93. The van der Waals surface area contributed by atoms with Crippen molar-refractivity contribution in [3.8, 4) is 16.8 Å². The highest BCUT2D eigenvalue weighted by Crippen LogP contribution is 2.45. The maximum Gasteiger partial charge on any atom is 0.143 e. The van der Waals surface area contributed by atoms with Crippen LogP contribution in [0.4, 0.5) is 0 Å². The standard InChI is InChI=1S/C44H25NO2/c1-2-10-28(11-3-1)45-38-15-7-4-12-29(38)36-22-26(18-21-39(36)45)34-23-27-24-42-37(31-14-6-8-16-40(31)46-42)25-35(27)43-32(34)19-20-33-30-13-5-9-17-41(30)47-44(33)43/h1-25H. The minimum absolute atomic E-state index is 0.891. The highest BCUT2D eigenvalue weighted by atomic mass is 16.3. The van der Waals surface area contributed by atoms with E-state index in [1.807, 2.05) is 18.2 Å². The molecule has 11 aromatic rings. The molecule has 47 heavy (non-hydrogen) atoms. The molecule has 0 fully saturated rings. The zero-order valence-corrected chi connectivity index (χ0v) is 25.2. The number of benzene rings is 8. The summed E-state index contributed by atoms with van der Waals surface area (Å²) < 4.78 is 15.4. The van der Waals surface area contributed by atoms with E-state index in [1.165, 1.54) is 38.3 Å². The monoisotopic (exact) mass is 599 g/mol. The van der Waals surface area contributed by atoms with Gasteiger partial charge in [0.25, 0.3) is 0 Å². The molecular formula is C44H25NO2. The predicted molar refractivity (Wildman–Crippen MR) is 196 cm³/mol. The van der Waals surface area contributed by atoms with Crippen LogP contribution in [-0.4, -0.2) is 4.57 Å². The summed E-state index contributed by atoms with van der Waals surface area (Å²) in [4.78, 5) is 0. The fraction of sp³-hybridized carbons (Fsp3) is 0. The van der Waals surface area contributed by atoms with Gasteiger partial charge in [-0.3, -0.25) is 0 Å². The Morgan fingerprint density at radius 1 is 0.383 bits per heavy atom. The van der Waals surface area contributed by atoms with Crippen LogP contribution in [0.25, 0.3) is 104 Å². The normalized spacial score (nSPS) is 12.3. The van der Waals surface area contributed by atoms with Gasteiger partial charge < -0.3 is 13.4 Å². The molecular weight excluding hydrogens is 574 g/mol. The average Bonchev–Trinajstić information content (AvgIpc) is 3.79. The summed E-state index contributed by atoms with van der Waals surface area (Å²) in [7, 11) is 0. The quantitative estimate of drug-likeness (QED) is 0.185. The molecule has 3 nitrogen and oxygen atoms in total. The van der Waals surface area contributed by atoms with Gasteiger partial charge in [0.1, 0.15) is 22.3 Å². The Bertz CT molecular complexity index is 3070. The summed E-state index contributed by atoms with van der Waals surface area (Å²) in [6.07, 6.45) is 0. The van der Waals surface area contributed by atoms with E-state index in [0.717, 1.165) is 65.7 Å². The maximum atomic E-state index is 6.70. The van der Waals surface area contributed by atoms with Crippen molar-refractivity contribution in [2.75, 3.05) is 0 Å². The van der Waals surface area contributed by atoms with Crippen molar-refractivity contribution in [3.63, 3.8) is 0 Å². The van der Waals surface area contributed by atoms with E-state index in [-0.39, 0.29) is 0 Å². The van der Waals surface area contributed by atoms with Crippen LogP contribution >= 0.6 is 0 Å². The maximum absolute atomic E-state index is 6.70. The van der Waals surface area contributed by atoms with Crippen molar-refractivity contribution >= 4 is 87.2 Å². The first-order valence-electron chi connectivity index (χ1n) is 16.0. The fourth-order valence-corrected chi connectivity index (χ4v) is 7.87. The number of rotatable bonds is 2. The molecule has 0 amide bonds. The van der Waals surface area contributed by atoms with Crippen molar-refractivity contribution in [1.82, 2.24) is 4.57 Å². The molecule has 0 bridgehead atoms. The molecule has 0 aliphatic carbocycles. The van der Waals surface area contributed by atoms with Gasteiger partial charge in [-0.05, 0) is 94.0 Å². The minimum Gasteiger partial charge on any atom is -0.456 e. The zero-order chi connectivity index (χ0) is 30.6. The molecule has 0 unspecified atom stereocenters. The second-order valence-electron chi connectivity index (χ2n) is 12.5. The Kier molecular flexibility index (Phi) is 4.84. The third-order valence-corrected chi connectivity index (χ3v) is 9.95. The largest absolute Gasteiger partial charge is 0.456 e. The number of hydrogen-bond donors (Lipinski definition) is 0. The lowest BCUT2D eigenvalue weighted by atomic mass is 9.91. The Morgan fingerprint density at radius 3 is 1.91 bits per heavy atom. The van der Waals surface area contributed by atoms with Crippen LogP contribution in [0.15, 0.2) is 160 Å². The molecule has 0 aliphatic heterocycles. The van der Waals surface area contributed by atoms with Gasteiger partial charge in [-0.1, -0.05) is 84.9 Å². The van der Waals surface area contributed by atoms with Crippen molar-refractivity contribution in [3.05, 3.63) is 152 Å². The molecule has 8 aromatic carbocycles. The first-order chi connectivity index (χ1) is 23.3. The molecule has 0 saturated heterocycles. The SMILES string of the molecule is c1ccc(-n2c3ccccc3c3cc(-c4cc5cc6oc7ccccc7c6cc5c5c4ccc4c6ccccc6oc45)ccc32)cc1. The molecule has 3 aromatic heterocycles. The summed E-state index contributed by atoms with van der Waals surface area (Å²) in [6, 6.07) is 54.2. The number of hydrogen-bond acceptors (Lipinski definition) is 2. The van der Waals surface area contributed by atoms with Crippen LogP contribution in [0.1, 0.15) is 0 Å². The smallest absolute Gasteiger partial charge is 0.143 e. The van der Waals surface area contributed by atoms with E-state index in [4.69, 9.17) is 8.83 Å². The second kappa shape index (κ2) is 9.12. The van der Waals surface area contributed by atoms with Crippen molar-refractivity contribution < 1.29 is 8.83 Å². The molecule has 3 heteroatoms. The Hall–Kier alpha value is -6.32. The lowest BCUT2D eigenvalue weighted by molar-refractivity contribution is 0.669. The van der Waals surface area contributed by atoms with Crippen LogP contribution in [0.5, 0.6) is 0 Å². The number of furan rings is 2. The number of fused-ring (bicyclic) bond motifs is 13. The van der Waals surface area contributed by atoms with E-state index in [2.05, 4.69) is 138 Å². The van der Waals surface area contributed by atoms with Crippen molar-refractivity contribution in [1.29, 1.82) is 0 Å². The highest BCUT2D eigenvalue weighted by molar-refractivity contribution is 6.28. The lowest BCUT2D eigenvalue weighted by Gasteiger charge is -2.13. The summed E-state index contributed by atoms with van der Waals surface area (Å²) in [6.45, 7) is 0. The second-order valence-corrected chi connectivity index (χ2v) is 12.5.